The Bertz CT molecular complexity index is 895. The van der Waals surface area contributed by atoms with E-state index in [1.165, 1.54) is 12.8 Å². The summed E-state index contributed by atoms with van der Waals surface area (Å²) in [5.74, 6) is 1.77. The third kappa shape index (κ3) is 2.34. The first-order chi connectivity index (χ1) is 13.6. The first-order valence-electron chi connectivity index (χ1n) is 11.1. The van der Waals surface area contributed by atoms with Crippen LogP contribution in [-0.4, -0.2) is 29.7 Å². The van der Waals surface area contributed by atoms with Gasteiger partial charge in [0.15, 0.2) is 0 Å². The smallest absolute Gasteiger partial charge is 0.255 e. The van der Waals surface area contributed by atoms with E-state index in [2.05, 4.69) is 45.4 Å². The van der Waals surface area contributed by atoms with Crippen molar-refractivity contribution in [2.45, 2.75) is 78.0 Å². The van der Waals surface area contributed by atoms with Crippen LogP contribution in [0.2, 0.25) is 0 Å². The number of benzene rings is 1. The van der Waals surface area contributed by atoms with Crippen molar-refractivity contribution in [2.75, 3.05) is 7.05 Å². The van der Waals surface area contributed by atoms with Crippen molar-refractivity contribution < 1.29 is 14.6 Å². The summed E-state index contributed by atoms with van der Waals surface area (Å²) in [5.41, 5.74) is 2.23. The molecule has 5 nitrogen and oxygen atoms in total. The van der Waals surface area contributed by atoms with Gasteiger partial charge in [-0.2, -0.15) is 0 Å². The monoisotopic (exact) mass is 398 g/mol. The summed E-state index contributed by atoms with van der Waals surface area (Å²) in [6.45, 7) is 10.0. The van der Waals surface area contributed by atoms with Crippen LogP contribution in [0, 0.1) is 22.7 Å². The van der Waals surface area contributed by atoms with Crippen molar-refractivity contribution in [3.63, 3.8) is 0 Å². The Morgan fingerprint density at radius 1 is 1.24 bits per heavy atom. The molecule has 2 fully saturated rings. The summed E-state index contributed by atoms with van der Waals surface area (Å²) in [6.07, 6.45) is 5.44. The van der Waals surface area contributed by atoms with Crippen LogP contribution < -0.4 is 15.4 Å². The summed E-state index contributed by atoms with van der Waals surface area (Å²) < 4.78 is 7.17. The summed E-state index contributed by atoms with van der Waals surface area (Å²) in [7, 11) is 2.07. The van der Waals surface area contributed by atoms with Crippen molar-refractivity contribution >= 4 is 5.91 Å². The van der Waals surface area contributed by atoms with E-state index >= 15 is 0 Å². The van der Waals surface area contributed by atoms with E-state index in [4.69, 9.17) is 4.74 Å². The minimum Gasteiger partial charge on any atom is -0.507 e. The molecule has 3 N–H and O–H groups in total. The van der Waals surface area contributed by atoms with Crippen molar-refractivity contribution in [1.82, 2.24) is 10.6 Å². The number of amides is 1. The normalized spacial score (nSPS) is 39.5. The average molecular weight is 399 g/mol. The van der Waals surface area contributed by atoms with Crippen LogP contribution in [0.3, 0.4) is 0 Å². The lowest BCUT2D eigenvalue weighted by atomic mass is 9.43. The Labute approximate surface area is 173 Å². The highest BCUT2D eigenvalue weighted by molar-refractivity contribution is 6.02. The number of carbonyl (C=O) groups is 1. The first kappa shape index (κ1) is 19.2. The van der Waals surface area contributed by atoms with E-state index in [0.717, 1.165) is 36.1 Å². The van der Waals surface area contributed by atoms with Gasteiger partial charge in [0.05, 0.1) is 5.56 Å². The Hall–Kier alpha value is -1.75. The van der Waals surface area contributed by atoms with Gasteiger partial charge in [-0.25, -0.2) is 0 Å². The minimum absolute atomic E-state index is 0.00751. The Kier molecular flexibility index (Phi) is 3.91. The Balaban J connectivity index is 1.73. The summed E-state index contributed by atoms with van der Waals surface area (Å²) >= 11 is 0. The van der Waals surface area contributed by atoms with Crippen LogP contribution in [0.4, 0.5) is 0 Å². The molecule has 2 aliphatic carbocycles. The molecule has 0 unspecified atom stereocenters. The largest absolute Gasteiger partial charge is 0.507 e. The molecule has 2 heterocycles. The molecule has 0 radical (unpaired) electrons. The number of fused-ring (bicyclic) bond motifs is 3. The number of phenols is 1. The molecule has 0 aromatic heterocycles. The Morgan fingerprint density at radius 3 is 2.72 bits per heavy atom. The highest BCUT2D eigenvalue weighted by atomic mass is 16.5. The number of hydrogen-bond acceptors (Lipinski definition) is 4. The molecule has 1 aromatic rings. The predicted octanol–water partition coefficient (Wildman–Crippen LogP) is 3.77. The molecule has 158 valence electrons. The topological polar surface area (TPSA) is 70.6 Å². The molecule has 0 saturated heterocycles. The van der Waals surface area contributed by atoms with Gasteiger partial charge in [-0.05, 0) is 55.7 Å². The number of aromatic hydroxyl groups is 1. The maximum atomic E-state index is 12.3. The number of ether oxygens (including phenoxy) is 1. The van der Waals surface area contributed by atoms with E-state index in [1.54, 1.807) is 6.07 Å². The van der Waals surface area contributed by atoms with Gasteiger partial charge in [-0.15, -0.1) is 0 Å². The third-order valence-electron chi connectivity index (χ3n) is 9.11. The van der Waals surface area contributed by atoms with Gasteiger partial charge in [0, 0.05) is 35.9 Å². The van der Waals surface area contributed by atoms with E-state index in [0.29, 0.717) is 30.0 Å². The van der Waals surface area contributed by atoms with Crippen LogP contribution >= 0.6 is 0 Å². The molecular weight excluding hydrogens is 364 g/mol. The van der Waals surface area contributed by atoms with Gasteiger partial charge in [0.25, 0.3) is 5.91 Å². The van der Waals surface area contributed by atoms with Gasteiger partial charge >= 0.3 is 0 Å². The molecule has 1 spiro atoms. The Morgan fingerprint density at radius 2 is 2.00 bits per heavy atom. The fraction of sp³-hybridized carbons (Fsp3) is 0.708. The minimum atomic E-state index is -0.260. The standard InChI is InChI=1S/C24H34N2O3/c1-13-6-7-18-22(2,3)10-15(25-5)11-24(18)23(13,4)9-14-8-17(27)19-16(20(14)29-24)12-26-21(19)28/h8,13,15,18,25,27H,6-7,9-12H2,1-5H3,(H,26,28)/t13-,15+,18-,23+,24-/m0/s1. The van der Waals surface area contributed by atoms with Gasteiger partial charge in [0.1, 0.15) is 17.1 Å². The SMILES string of the molecule is CN[C@@H]1CC(C)(C)[C@@H]2CC[C@H](C)[C@@]3(C)Cc4cc(O)c5c(c4O[C@@]23C1)CNC5=O. The quantitative estimate of drug-likeness (QED) is 0.673. The van der Waals surface area contributed by atoms with E-state index in [9.17, 15) is 9.90 Å². The number of phenolic OH excluding ortho intramolecular Hbond substituents is 1. The lowest BCUT2D eigenvalue weighted by Gasteiger charge is -2.67. The van der Waals surface area contributed by atoms with Crippen LogP contribution in [0.25, 0.3) is 0 Å². The van der Waals surface area contributed by atoms with Gasteiger partial charge in [0.2, 0.25) is 0 Å². The van der Waals surface area contributed by atoms with Gasteiger partial charge < -0.3 is 20.5 Å². The van der Waals surface area contributed by atoms with Crippen LogP contribution in [-0.2, 0) is 13.0 Å². The van der Waals surface area contributed by atoms with E-state index in [1.807, 2.05) is 0 Å². The summed E-state index contributed by atoms with van der Waals surface area (Å²) in [5, 5.41) is 17.0. The molecule has 2 aliphatic heterocycles. The summed E-state index contributed by atoms with van der Waals surface area (Å²) in [6, 6.07) is 2.20. The predicted molar refractivity (Wildman–Crippen MR) is 112 cm³/mol. The third-order valence-corrected chi connectivity index (χ3v) is 9.11. The highest BCUT2D eigenvalue weighted by Gasteiger charge is 2.67. The molecule has 1 aromatic carbocycles. The number of rotatable bonds is 1. The second-order valence-corrected chi connectivity index (χ2v) is 10.9. The van der Waals surface area contributed by atoms with Gasteiger partial charge in [-0.1, -0.05) is 27.7 Å². The fourth-order valence-corrected chi connectivity index (χ4v) is 7.43. The zero-order chi connectivity index (χ0) is 20.8. The second-order valence-electron chi connectivity index (χ2n) is 10.9. The molecule has 5 atom stereocenters. The van der Waals surface area contributed by atoms with Crippen molar-refractivity contribution in [2.24, 2.45) is 22.7 Å². The first-order valence-corrected chi connectivity index (χ1v) is 11.1. The van der Waals surface area contributed by atoms with Crippen molar-refractivity contribution in [1.29, 1.82) is 0 Å². The highest BCUT2D eigenvalue weighted by Crippen LogP contribution is 2.66. The second kappa shape index (κ2) is 5.90. The maximum absolute atomic E-state index is 12.3. The van der Waals surface area contributed by atoms with Crippen LogP contribution in [0.1, 0.15) is 74.9 Å². The molecule has 29 heavy (non-hydrogen) atoms. The molecular formula is C24H34N2O3. The lowest BCUT2D eigenvalue weighted by molar-refractivity contribution is -0.215. The summed E-state index contributed by atoms with van der Waals surface area (Å²) in [4.78, 5) is 12.3. The molecule has 4 aliphatic rings. The van der Waals surface area contributed by atoms with E-state index < -0.39 is 0 Å². The van der Waals surface area contributed by atoms with Crippen molar-refractivity contribution in [3.8, 4) is 11.5 Å². The fourth-order valence-electron chi connectivity index (χ4n) is 7.43. The zero-order valence-corrected chi connectivity index (χ0v) is 18.3. The molecule has 5 heteroatoms. The molecule has 5 rings (SSSR count). The maximum Gasteiger partial charge on any atom is 0.255 e. The number of hydrogen-bond donors (Lipinski definition) is 3. The van der Waals surface area contributed by atoms with Gasteiger partial charge in [-0.3, -0.25) is 4.79 Å². The van der Waals surface area contributed by atoms with Crippen LogP contribution in [0.15, 0.2) is 6.07 Å². The average Bonchev–Trinajstić information content (AvgIpc) is 3.03. The lowest BCUT2D eigenvalue weighted by Crippen LogP contribution is -2.71. The molecule has 0 bridgehead atoms. The van der Waals surface area contributed by atoms with Crippen molar-refractivity contribution in [3.05, 3.63) is 22.8 Å². The zero-order valence-electron chi connectivity index (χ0n) is 18.3. The molecule has 2 saturated carbocycles. The van der Waals surface area contributed by atoms with Crippen LogP contribution in [0.5, 0.6) is 11.5 Å². The molecule has 1 amide bonds. The number of carbonyl (C=O) groups excluding carboxylic acids is 1. The number of nitrogens with one attached hydrogen (secondary N) is 2. The van der Waals surface area contributed by atoms with E-state index in [-0.39, 0.29) is 28.1 Å².